The molecule has 1 amide bonds. The molecule has 0 unspecified atom stereocenters. The third-order valence-corrected chi connectivity index (χ3v) is 5.49. The van der Waals surface area contributed by atoms with Gasteiger partial charge in [-0.2, -0.15) is 0 Å². The van der Waals surface area contributed by atoms with Crippen molar-refractivity contribution in [3.8, 4) is 11.5 Å². The highest BCUT2D eigenvalue weighted by Crippen LogP contribution is 2.33. The predicted octanol–water partition coefficient (Wildman–Crippen LogP) is 3.95. The molecule has 0 saturated heterocycles. The number of nitrogens with zero attached hydrogens (tertiary/aromatic N) is 2. The number of carbonyl (C=O) groups is 1. The number of amides is 1. The van der Waals surface area contributed by atoms with Crippen molar-refractivity contribution in [2.24, 2.45) is 0 Å². The largest absolute Gasteiger partial charge is 0.486 e. The van der Waals surface area contributed by atoms with Gasteiger partial charge < -0.3 is 19.4 Å². The Morgan fingerprint density at radius 3 is 2.81 bits per heavy atom. The van der Waals surface area contributed by atoms with E-state index in [2.05, 4.69) is 27.9 Å². The zero-order valence-corrected chi connectivity index (χ0v) is 16.1. The summed E-state index contributed by atoms with van der Waals surface area (Å²) < 4.78 is 13.2. The van der Waals surface area contributed by atoms with E-state index >= 15 is 0 Å². The van der Waals surface area contributed by atoms with Gasteiger partial charge in [-0.25, -0.2) is 4.98 Å². The van der Waals surface area contributed by atoms with E-state index in [0.717, 1.165) is 22.7 Å². The summed E-state index contributed by atoms with van der Waals surface area (Å²) in [5.41, 5.74) is 2.73. The summed E-state index contributed by atoms with van der Waals surface area (Å²) in [4.78, 5) is 17.3. The lowest BCUT2D eigenvalue weighted by Gasteiger charge is -2.19. The number of carbonyl (C=O) groups excluding carboxylic acids is 1. The molecule has 1 aromatic heterocycles. The number of fused-ring (bicyclic) bond motifs is 2. The Morgan fingerprint density at radius 2 is 2.00 bits per heavy atom. The molecular weight excluding hydrogens is 362 g/mol. The van der Waals surface area contributed by atoms with Crippen LogP contribution in [0.15, 0.2) is 47.6 Å². The maximum absolute atomic E-state index is 12.7. The van der Waals surface area contributed by atoms with Crippen LogP contribution in [-0.4, -0.2) is 33.9 Å². The minimum absolute atomic E-state index is 0.0774. The van der Waals surface area contributed by atoms with Gasteiger partial charge in [-0.15, -0.1) is 0 Å². The zero-order chi connectivity index (χ0) is 18.8. The zero-order valence-electron chi connectivity index (χ0n) is 15.3. The van der Waals surface area contributed by atoms with Crippen LogP contribution in [0.1, 0.15) is 13.8 Å². The number of benzene rings is 2. The number of imidazole rings is 1. The van der Waals surface area contributed by atoms with Crippen LogP contribution in [0.4, 0.5) is 5.69 Å². The minimum atomic E-state index is -0.291. The molecule has 1 aliphatic heterocycles. The van der Waals surface area contributed by atoms with Crippen LogP contribution in [0.2, 0.25) is 0 Å². The third-order valence-electron chi connectivity index (χ3n) is 4.40. The van der Waals surface area contributed by atoms with E-state index in [1.54, 1.807) is 6.07 Å². The second kappa shape index (κ2) is 7.52. The quantitative estimate of drug-likeness (QED) is 0.676. The number of rotatable bonds is 5. The molecule has 140 valence electrons. The number of hydrogen-bond acceptors (Lipinski definition) is 5. The molecule has 0 radical (unpaired) electrons. The maximum atomic E-state index is 12.7. The summed E-state index contributed by atoms with van der Waals surface area (Å²) in [5.74, 6) is 1.29. The van der Waals surface area contributed by atoms with Crippen molar-refractivity contribution in [1.82, 2.24) is 9.55 Å². The Hall–Kier alpha value is -2.67. The number of aryl methyl sites for hydroxylation is 1. The summed E-state index contributed by atoms with van der Waals surface area (Å²) in [6, 6.07) is 13.5. The number of ether oxygens (including phenoxy) is 2. The summed E-state index contributed by atoms with van der Waals surface area (Å²) in [7, 11) is 0. The molecule has 1 N–H and O–H groups in total. The molecule has 0 bridgehead atoms. The van der Waals surface area contributed by atoms with Crippen molar-refractivity contribution in [2.45, 2.75) is 30.8 Å². The normalized spacial score (nSPS) is 14.1. The van der Waals surface area contributed by atoms with Gasteiger partial charge in [0.1, 0.15) is 13.2 Å². The van der Waals surface area contributed by atoms with Crippen LogP contribution < -0.4 is 14.8 Å². The summed E-state index contributed by atoms with van der Waals surface area (Å²) in [5, 5.41) is 3.51. The second-order valence-corrected chi connectivity index (χ2v) is 7.54. The monoisotopic (exact) mass is 383 g/mol. The number of anilines is 1. The second-order valence-electron chi connectivity index (χ2n) is 6.24. The molecule has 1 aliphatic rings. The van der Waals surface area contributed by atoms with Gasteiger partial charge in [0.05, 0.1) is 16.3 Å². The van der Waals surface area contributed by atoms with E-state index in [-0.39, 0.29) is 11.2 Å². The predicted molar refractivity (Wildman–Crippen MR) is 107 cm³/mol. The average molecular weight is 383 g/mol. The number of para-hydroxylation sites is 2. The first kappa shape index (κ1) is 17.7. The van der Waals surface area contributed by atoms with Crippen LogP contribution in [0.25, 0.3) is 11.0 Å². The van der Waals surface area contributed by atoms with E-state index in [4.69, 9.17) is 9.47 Å². The first-order chi connectivity index (χ1) is 13.2. The molecule has 1 atom stereocenters. The lowest BCUT2D eigenvalue weighted by atomic mass is 10.2. The molecule has 0 fully saturated rings. The Bertz CT molecular complexity index is 986. The lowest BCUT2D eigenvalue weighted by molar-refractivity contribution is -0.115. The van der Waals surface area contributed by atoms with E-state index in [9.17, 15) is 4.79 Å². The molecule has 6 nitrogen and oxygen atoms in total. The average Bonchev–Trinajstić information content (AvgIpc) is 3.04. The fourth-order valence-corrected chi connectivity index (χ4v) is 4.01. The Morgan fingerprint density at radius 1 is 1.22 bits per heavy atom. The SMILES string of the molecule is CCn1c(S[C@H](C)C(=O)Nc2ccc3c(c2)OCCO3)nc2ccccc21. The molecule has 2 aromatic carbocycles. The fraction of sp³-hybridized carbons (Fsp3) is 0.300. The number of nitrogens with one attached hydrogen (secondary N) is 1. The van der Waals surface area contributed by atoms with Gasteiger partial charge in [0.25, 0.3) is 0 Å². The summed E-state index contributed by atoms with van der Waals surface area (Å²) in [6.07, 6.45) is 0. The molecule has 27 heavy (non-hydrogen) atoms. The van der Waals surface area contributed by atoms with E-state index in [1.165, 1.54) is 11.8 Å². The van der Waals surface area contributed by atoms with Crippen LogP contribution in [0.3, 0.4) is 0 Å². The highest BCUT2D eigenvalue weighted by molar-refractivity contribution is 8.00. The molecule has 2 heterocycles. The highest BCUT2D eigenvalue weighted by Gasteiger charge is 2.20. The highest BCUT2D eigenvalue weighted by atomic mass is 32.2. The van der Waals surface area contributed by atoms with Gasteiger partial charge in [0.15, 0.2) is 16.7 Å². The first-order valence-corrected chi connectivity index (χ1v) is 9.86. The van der Waals surface area contributed by atoms with E-state index in [1.807, 2.05) is 37.3 Å². The van der Waals surface area contributed by atoms with Crippen molar-refractivity contribution in [1.29, 1.82) is 0 Å². The molecular formula is C20H21N3O3S. The van der Waals surface area contributed by atoms with Crippen LogP contribution in [0, 0.1) is 0 Å². The van der Waals surface area contributed by atoms with E-state index in [0.29, 0.717) is 30.4 Å². The topological polar surface area (TPSA) is 65.4 Å². The smallest absolute Gasteiger partial charge is 0.237 e. The number of aromatic nitrogens is 2. The third kappa shape index (κ3) is 3.60. The first-order valence-electron chi connectivity index (χ1n) is 8.98. The van der Waals surface area contributed by atoms with E-state index < -0.39 is 0 Å². The fourth-order valence-electron chi connectivity index (χ4n) is 3.03. The number of thioether (sulfide) groups is 1. The Kier molecular flexibility index (Phi) is 4.94. The van der Waals surface area contributed by atoms with Crippen molar-refractivity contribution < 1.29 is 14.3 Å². The van der Waals surface area contributed by atoms with Crippen molar-refractivity contribution in [2.75, 3.05) is 18.5 Å². The van der Waals surface area contributed by atoms with Gasteiger partial charge in [0.2, 0.25) is 5.91 Å². The molecule has 3 aromatic rings. The standard InChI is InChI=1S/C20H21N3O3S/c1-3-23-16-7-5-4-6-15(16)22-20(23)27-13(2)19(24)21-14-8-9-17-18(12-14)26-11-10-25-17/h4-9,12-13H,3,10-11H2,1-2H3,(H,21,24)/t13-/m1/s1. The molecule has 0 spiro atoms. The Balaban J connectivity index is 1.48. The molecule has 0 aliphatic carbocycles. The lowest BCUT2D eigenvalue weighted by Crippen LogP contribution is -2.23. The molecule has 4 rings (SSSR count). The van der Waals surface area contributed by atoms with Crippen molar-refractivity contribution in [3.05, 3.63) is 42.5 Å². The van der Waals surface area contributed by atoms with Gasteiger partial charge in [-0.1, -0.05) is 23.9 Å². The molecule has 0 saturated carbocycles. The van der Waals surface area contributed by atoms with Crippen LogP contribution >= 0.6 is 11.8 Å². The Labute approximate surface area is 161 Å². The summed E-state index contributed by atoms with van der Waals surface area (Å²) >= 11 is 1.46. The number of hydrogen-bond donors (Lipinski definition) is 1. The van der Waals surface area contributed by atoms with Crippen LogP contribution in [0.5, 0.6) is 11.5 Å². The van der Waals surface area contributed by atoms with Gasteiger partial charge in [0, 0.05) is 18.3 Å². The van der Waals surface area contributed by atoms with Crippen molar-refractivity contribution in [3.63, 3.8) is 0 Å². The maximum Gasteiger partial charge on any atom is 0.237 e. The van der Waals surface area contributed by atoms with Gasteiger partial charge in [-0.05, 0) is 38.1 Å². The van der Waals surface area contributed by atoms with Crippen LogP contribution in [-0.2, 0) is 11.3 Å². The van der Waals surface area contributed by atoms with Gasteiger partial charge >= 0.3 is 0 Å². The molecule has 7 heteroatoms. The van der Waals surface area contributed by atoms with Crippen molar-refractivity contribution >= 4 is 34.4 Å². The summed E-state index contributed by atoms with van der Waals surface area (Å²) in [6.45, 7) is 5.84. The minimum Gasteiger partial charge on any atom is -0.486 e. The van der Waals surface area contributed by atoms with Gasteiger partial charge in [-0.3, -0.25) is 4.79 Å².